The highest BCUT2D eigenvalue weighted by Gasteiger charge is 2.37. The van der Waals surface area contributed by atoms with Crippen LogP contribution < -0.4 is 5.32 Å². The quantitative estimate of drug-likeness (QED) is 0.563. The van der Waals surface area contributed by atoms with Crippen LogP contribution in [0, 0.1) is 0 Å². The number of hydrogen-bond acceptors (Lipinski definition) is 2. The van der Waals surface area contributed by atoms with E-state index in [9.17, 15) is 35.9 Å². The third-order valence-corrected chi connectivity index (χ3v) is 4.18. The van der Waals surface area contributed by atoms with Gasteiger partial charge in [0.05, 0.1) is 11.1 Å². The van der Waals surface area contributed by atoms with E-state index in [4.69, 9.17) is 0 Å². The number of halogens is 6. The largest absolute Gasteiger partial charge is 0.416 e. The lowest BCUT2D eigenvalue weighted by atomic mass is 10.1. The molecule has 1 fully saturated rings. The maximum absolute atomic E-state index is 12.9. The van der Waals surface area contributed by atoms with Gasteiger partial charge in [0.1, 0.15) is 0 Å². The Kier molecular flexibility index (Phi) is 6.38. The second-order valence-corrected chi connectivity index (χ2v) is 6.31. The predicted molar refractivity (Wildman–Crippen MR) is 84.7 cm³/mol. The molecule has 4 nitrogen and oxygen atoms in total. The van der Waals surface area contributed by atoms with Crippen molar-refractivity contribution in [1.29, 1.82) is 0 Å². The molecule has 27 heavy (non-hydrogen) atoms. The Labute approximate surface area is 151 Å². The molecule has 10 heteroatoms. The fraction of sp³-hybridized carbons (Fsp3) is 0.529. The lowest BCUT2D eigenvalue weighted by Gasteiger charge is -2.24. The van der Waals surface area contributed by atoms with Gasteiger partial charge in [-0.3, -0.25) is 9.59 Å². The molecule has 0 saturated carbocycles. The van der Waals surface area contributed by atoms with Crippen molar-refractivity contribution in [2.75, 3.05) is 18.4 Å². The minimum absolute atomic E-state index is 0.0459. The van der Waals surface area contributed by atoms with Gasteiger partial charge in [-0.25, -0.2) is 0 Å². The van der Waals surface area contributed by atoms with E-state index in [1.165, 1.54) is 4.90 Å². The van der Waals surface area contributed by atoms with Crippen molar-refractivity contribution in [1.82, 2.24) is 4.90 Å². The molecule has 1 aromatic carbocycles. The molecule has 150 valence electrons. The number of anilines is 1. The number of carbonyl (C=O) groups excluding carboxylic acids is 2. The van der Waals surface area contributed by atoms with Crippen LogP contribution in [-0.2, 0) is 21.9 Å². The summed E-state index contributed by atoms with van der Waals surface area (Å²) in [6.07, 6.45) is -5.93. The van der Waals surface area contributed by atoms with E-state index in [1.807, 2.05) is 5.32 Å². The van der Waals surface area contributed by atoms with Crippen molar-refractivity contribution in [2.45, 2.75) is 44.5 Å². The fourth-order valence-corrected chi connectivity index (χ4v) is 2.81. The number of benzene rings is 1. The van der Waals surface area contributed by atoms with Crippen LogP contribution in [0.2, 0.25) is 0 Å². The first kappa shape index (κ1) is 21.0. The molecule has 0 bridgehead atoms. The van der Waals surface area contributed by atoms with Gasteiger partial charge in [0, 0.05) is 18.8 Å². The highest BCUT2D eigenvalue weighted by Crippen LogP contribution is 2.37. The van der Waals surface area contributed by atoms with Gasteiger partial charge in [-0.05, 0) is 31.0 Å². The first-order valence-corrected chi connectivity index (χ1v) is 8.38. The van der Waals surface area contributed by atoms with E-state index in [-0.39, 0.29) is 6.07 Å². The number of alkyl halides is 6. The maximum atomic E-state index is 12.9. The second kappa shape index (κ2) is 8.18. The maximum Gasteiger partial charge on any atom is 0.416 e. The Hall–Kier alpha value is -2.26. The van der Waals surface area contributed by atoms with Gasteiger partial charge in [-0.2, -0.15) is 26.3 Å². The third-order valence-electron chi connectivity index (χ3n) is 4.18. The van der Waals surface area contributed by atoms with E-state index in [0.717, 1.165) is 19.3 Å². The Balaban J connectivity index is 2.21. The summed E-state index contributed by atoms with van der Waals surface area (Å²) in [5, 5.41) is 1.87. The summed E-state index contributed by atoms with van der Waals surface area (Å²) in [4.78, 5) is 25.5. The molecule has 2 rings (SSSR count). The van der Waals surface area contributed by atoms with Gasteiger partial charge < -0.3 is 10.2 Å². The van der Waals surface area contributed by atoms with Crippen LogP contribution in [0.1, 0.15) is 43.2 Å². The van der Waals surface area contributed by atoms with E-state index in [0.29, 0.717) is 38.1 Å². The van der Waals surface area contributed by atoms with Crippen molar-refractivity contribution < 1.29 is 35.9 Å². The van der Waals surface area contributed by atoms with Gasteiger partial charge in [0.2, 0.25) is 0 Å². The highest BCUT2D eigenvalue weighted by atomic mass is 19.4. The summed E-state index contributed by atoms with van der Waals surface area (Å²) in [7, 11) is 0. The van der Waals surface area contributed by atoms with E-state index in [1.54, 1.807) is 0 Å². The molecular weight excluding hydrogens is 378 g/mol. The van der Waals surface area contributed by atoms with Crippen LogP contribution in [0.3, 0.4) is 0 Å². The molecule has 0 spiro atoms. The van der Waals surface area contributed by atoms with E-state index in [2.05, 4.69) is 0 Å². The second-order valence-electron chi connectivity index (χ2n) is 6.31. The number of amides is 2. The molecule has 1 N–H and O–H groups in total. The van der Waals surface area contributed by atoms with E-state index >= 15 is 0 Å². The fourth-order valence-electron chi connectivity index (χ4n) is 2.81. The number of hydrogen-bond donors (Lipinski definition) is 1. The number of carbonyl (C=O) groups is 2. The average Bonchev–Trinajstić information content (AvgIpc) is 2.52. The van der Waals surface area contributed by atoms with Gasteiger partial charge in [-0.15, -0.1) is 0 Å². The van der Waals surface area contributed by atoms with Crippen LogP contribution >= 0.6 is 0 Å². The van der Waals surface area contributed by atoms with Gasteiger partial charge in [0.25, 0.3) is 0 Å². The number of rotatable bonds is 1. The molecule has 1 aliphatic rings. The van der Waals surface area contributed by atoms with Gasteiger partial charge in [0.15, 0.2) is 0 Å². The Morgan fingerprint density at radius 1 is 0.778 bits per heavy atom. The average molecular weight is 396 g/mol. The molecule has 1 saturated heterocycles. The zero-order chi connectivity index (χ0) is 20.2. The molecule has 0 aliphatic carbocycles. The number of nitrogens with zero attached hydrogens (tertiary/aromatic N) is 1. The minimum Gasteiger partial charge on any atom is -0.334 e. The van der Waals surface area contributed by atoms with Gasteiger partial charge >= 0.3 is 24.2 Å². The summed E-state index contributed by atoms with van der Waals surface area (Å²) < 4.78 is 77.1. The molecule has 2 amide bonds. The predicted octanol–water partition coefficient (Wildman–Crippen LogP) is 4.46. The van der Waals surface area contributed by atoms with Crippen LogP contribution in [0.25, 0.3) is 0 Å². The smallest absolute Gasteiger partial charge is 0.334 e. The Bertz CT molecular complexity index is 659. The Morgan fingerprint density at radius 3 is 1.67 bits per heavy atom. The monoisotopic (exact) mass is 396 g/mol. The summed E-state index contributed by atoms with van der Waals surface area (Å²) in [5.41, 5.74) is -3.86. The molecule has 1 heterocycles. The summed E-state index contributed by atoms with van der Waals surface area (Å²) in [6, 6.07) is 0.692. The molecule has 1 aromatic rings. The molecule has 1 aliphatic heterocycles. The van der Waals surface area contributed by atoms with Crippen molar-refractivity contribution in [3.8, 4) is 0 Å². The number of nitrogens with one attached hydrogen (secondary N) is 1. The van der Waals surface area contributed by atoms with Crippen LogP contribution in [0.5, 0.6) is 0 Å². The molecule has 0 atom stereocenters. The molecular formula is C17H18F6N2O2. The normalized spacial score (nSPS) is 16.4. The highest BCUT2D eigenvalue weighted by molar-refractivity contribution is 6.39. The van der Waals surface area contributed by atoms with Crippen molar-refractivity contribution in [3.63, 3.8) is 0 Å². The zero-order valence-corrected chi connectivity index (χ0v) is 14.2. The zero-order valence-electron chi connectivity index (χ0n) is 14.2. The molecule has 0 unspecified atom stereocenters. The van der Waals surface area contributed by atoms with Crippen molar-refractivity contribution in [2.24, 2.45) is 0 Å². The summed E-state index contributed by atoms with van der Waals surface area (Å²) in [5.74, 6) is -2.23. The van der Waals surface area contributed by atoms with Crippen LogP contribution in [0.15, 0.2) is 18.2 Å². The van der Waals surface area contributed by atoms with Gasteiger partial charge in [-0.1, -0.05) is 19.3 Å². The Morgan fingerprint density at radius 2 is 1.22 bits per heavy atom. The summed E-state index contributed by atoms with van der Waals surface area (Å²) >= 11 is 0. The topological polar surface area (TPSA) is 49.4 Å². The minimum atomic E-state index is -5.03. The lowest BCUT2D eigenvalue weighted by Crippen LogP contribution is -2.41. The lowest BCUT2D eigenvalue weighted by molar-refractivity contribution is -0.143. The van der Waals surface area contributed by atoms with Crippen molar-refractivity contribution in [3.05, 3.63) is 29.3 Å². The standard InChI is InChI=1S/C17H18F6N2O2/c18-16(19,20)11-8-12(17(21,22)23)10-13(9-11)24-14(26)15(27)25-6-4-2-1-3-5-7-25/h8-10H,1-7H2,(H,24,26). The molecule has 0 aromatic heterocycles. The van der Waals surface area contributed by atoms with Crippen LogP contribution in [0.4, 0.5) is 32.0 Å². The van der Waals surface area contributed by atoms with E-state index < -0.39 is 41.0 Å². The molecule has 0 radical (unpaired) electrons. The van der Waals surface area contributed by atoms with Crippen LogP contribution in [-0.4, -0.2) is 29.8 Å². The first-order chi connectivity index (χ1) is 12.5. The number of likely N-dealkylation sites (tertiary alicyclic amines) is 1. The summed E-state index contributed by atoms with van der Waals surface area (Å²) in [6.45, 7) is 0.644. The van der Waals surface area contributed by atoms with Crippen molar-refractivity contribution >= 4 is 17.5 Å². The first-order valence-electron chi connectivity index (χ1n) is 8.38. The SMILES string of the molecule is O=C(Nc1cc(C(F)(F)F)cc(C(F)(F)F)c1)C(=O)N1CCCCCCC1. The third kappa shape index (κ3) is 5.86.